The highest BCUT2D eigenvalue weighted by Gasteiger charge is 2.21. The molecule has 0 saturated carbocycles. The van der Waals surface area contributed by atoms with Crippen LogP contribution in [0.25, 0.3) is 0 Å². The molecule has 0 fully saturated rings. The van der Waals surface area contributed by atoms with Crippen LogP contribution in [0.15, 0.2) is 23.5 Å². The van der Waals surface area contributed by atoms with Crippen LogP contribution in [-0.4, -0.2) is 42.1 Å². The Morgan fingerprint density at radius 2 is 2.16 bits per heavy atom. The lowest BCUT2D eigenvalue weighted by atomic mass is 9.97. The molecule has 0 radical (unpaired) electrons. The highest BCUT2D eigenvalue weighted by Crippen LogP contribution is 2.26. The fraction of sp³-hybridized carbons (Fsp3) is 0.562. The Labute approximate surface area is 149 Å². The maximum atomic E-state index is 12.3. The molecule has 2 amide bonds. The molecular formula is C16H26N3O5P. The van der Waals surface area contributed by atoms with Crippen LogP contribution in [0.3, 0.4) is 0 Å². The minimum atomic E-state index is -0.669. The van der Waals surface area contributed by atoms with Gasteiger partial charge in [-0.2, -0.15) is 0 Å². The van der Waals surface area contributed by atoms with Crippen molar-refractivity contribution in [1.29, 1.82) is 0 Å². The lowest BCUT2D eigenvalue weighted by Crippen LogP contribution is -2.48. The number of unbranched alkanes of at least 4 members (excludes halogenated alkanes) is 1. The van der Waals surface area contributed by atoms with Crippen molar-refractivity contribution in [3.05, 3.63) is 23.5 Å². The van der Waals surface area contributed by atoms with Crippen molar-refractivity contribution in [3.63, 3.8) is 0 Å². The first-order chi connectivity index (χ1) is 12.1. The molecule has 1 rings (SSSR count). The second-order valence-corrected chi connectivity index (χ2v) is 6.11. The predicted octanol–water partition coefficient (Wildman–Crippen LogP) is 0.425. The van der Waals surface area contributed by atoms with E-state index in [2.05, 4.69) is 10.6 Å². The van der Waals surface area contributed by atoms with E-state index in [1.165, 1.54) is 0 Å². The number of hydrogen-bond donors (Lipinski definition) is 4. The highest BCUT2D eigenvalue weighted by atomic mass is 31.1. The normalized spacial score (nSPS) is 16.6. The number of aldehydes is 1. The molecule has 0 aromatic heterocycles. The smallest absolute Gasteiger partial charge is 0.243 e. The SMILES string of the molecule is NCCCCC(NC=O)C(=O)N[C@H](C=O)CC1=CC=C(OPO)CC1. The van der Waals surface area contributed by atoms with E-state index in [9.17, 15) is 14.4 Å². The zero-order valence-corrected chi connectivity index (χ0v) is 15.1. The number of nitrogens with two attached hydrogens (primary N) is 1. The van der Waals surface area contributed by atoms with Crippen LogP contribution in [0.4, 0.5) is 0 Å². The predicted molar refractivity (Wildman–Crippen MR) is 95.5 cm³/mol. The van der Waals surface area contributed by atoms with Crippen LogP contribution in [-0.2, 0) is 18.9 Å². The molecule has 1 aliphatic carbocycles. The summed E-state index contributed by atoms with van der Waals surface area (Å²) in [6.07, 6.45) is 8.47. The Morgan fingerprint density at radius 3 is 2.72 bits per heavy atom. The third-order valence-corrected chi connectivity index (χ3v) is 4.23. The third-order valence-electron chi connectivity index (χ3n) is 3.88. The maximum Gasteiger partial charge on any atom is 0.243 e. The Kier molecular flexibility index (Phi) is 10.7. The van der Waals surface area contributed by atoms with E-state index in [-0.39, 0.29) is 5.91 Å². The first kappa shape index (κ1) is 21.3. The van der Waals surface area contributed by atoms with Gasteiger partial charge in [-0.3, -0.25) is 9.59 Å². The summed E-state index contributed by atoms with van der Waals surface area (Å²) < 4.78 is 5.04. The molecule has 0 aromatic carbocycles. The molecule has 2 unspecified atom stereocenters. The average Bonchev–Trinajstić information content (AvgIpc) is 2.62. The second kappa shape index (κ2) is 12.6. The van der Waals surface area contributed by atoms with Crippen LogP contribution in [0.2, 0.25) is 0 Å². The molecule has 9 heteroatoms. The Balaban J connectivity index is 2.56. The average molecular weight is 371 g/mol. The third kappa shape index (κ3) is 8.25. The highest BCUT2D eigenvalue weighted by molar-refractivity contribution is 7.25. The quantitative estimate of drug-likeness (QED) is 0.211. The summed E-state index contributed by atoms with van der Waals surface area (Å²) in [7, 11) is -0.584. The standard InChI is InChI=1S/C16H26N3O5P/c17-8-2-1-3-15(18-11-21)16(22)19-13(10-20)9-12-4-6-14(7-5-12)24-25-23/h4,6,10-11,13,15,23,25H,1-3,5,7-9,17H2,(H,18,21)(H,19,22)/t13-,15?/m0/s1. The van der Waals surface area contributed by atoms with Crippen molar-refractivity contribution in [2.24, 2.45) is 5.73 Å². The van der Waals surface area contributed by atoms with Gasteiger partial charge >= 0.3 is 0 Å². The van der Waals surface area contributed by atoms with Gasteiger partial charge in [-0.1, -0.05) is 11.6 Å². The van der Waals surface area contributed by atoms with Crippen molar-refractivity contribution in [2.45, 2.75) is 50.6 Å². The van der Waals surface area contributed by atoms with Gasteiger partial charge < -0.3 is 30.6 Å². The summed E-state index contributed by atoms with van der Waals surface area (Å²) in [5.41, 5.74) is 6.44. The number of carbonyl (C=O) groups excluding carboxylic acids is 3. The van der Waals surface area contributed by atoms with Gasteiger partial charge in [-0.25, -0.2) is 0 Å². The van der Waals surface area contributed by atoms with Gasteiger partial charge in [0.05, 0.1) is 6.04 Å². The fourth-order valence-corrected chi connectivity index (χ4v) is 2.83. The fourth-order valence-electron chi connectivity index (χ4n) is 2.54. The monoisotopic (exact) mass is 371 g/mol. The van der Waals surface area contributed by atoms with E-state index in [0.717, 1.165) is 12.0 Å². The lowest BCUT2D eigenvalue weighted by molar-refractivity contribution is -0.127. The van der Waals surface area contributed by atoms with E-state index in [1.807, 2.05) is 6.08 Å². The molecule has 5 N–H and O–H groups in total. The van der Waals surface area contributed by atoms with Crippen LogP contribution in [0.5, 0.6) is 0 Å². The molecule has 140 valence electrons. The van der Waals surface area contributed by atoms with Crippen molar-refractivity contribution in [1.82, 2.24) is 10.6 Å². The second-order valence-electron chi connectivity index (χ2n) is 5.73. The molecule has 3 atom stereocenters. The minimum absolute atomic E-state index is 0.376. The molecule has 25 heavy (non-hydrogen) atoms. The summed E-state index contributed by atoms with van der Waals surface area (Å²) in [5.74, 6) is 0.324. The first-order valence-electron chi connectivity index (χ1n) is 8.24. The van der Waals surface area contributed by atoms with Crippen molar-refractivity contribution >= 4 is 27.6 Å². The molecule has 0 spiro atoms. The van der Waals surface area contributed by atoms with Gasteiger partial charge in [0, 0.05) is 6.42 Å². The van der Waals surface area contributed by atoms with Gasteiger partial charge in [-0.05, 0) is 44.7 Å². The van der Waals surface area contributed by atoms with E-state index < -0.39 is 21.1 Å². The number of rotatable bonds is 13. The van der Waals surface area contributed by atoms with Crippen LogP contribution < -0.4 is 16.4 Å². The molecular weight excluding hydrogens is 345 g/mol. The van der Waals surface area contributed by atoms with Gasteiger partial charge in [0.15, 0.2) is 0 Å². The summed E-state index contributed by atoms with van der Waals surface area (Å²) in [6, 6.07) is -1.32. The molecule has 8 nitrogen and oxygen atoms in total. The minimum Gasteiger partial charge on any atom is -0.454 e. The zero-order chi connectivity index (χ0) is 18.5. The van der Waals surface area contributed by atoms with E-state index in [1.54, 1.807) is 6.08 Å². The van der Waals surface area contributed by atoms with E-state index in [4.69, 9.17) is 15.2 Å². The largest absolute Gasteiger partial charge is 0.454 e. The molecule has 0 saturated heterocycles. The van der Waals surface area contributed by atoms with E-state index >= 15 is 0 Å². The number of amides is 2. The first-order valence-corrected chi connectivity index (χ1v) is 9.10. The Hall–Kier alpha value is -1.76. The van der Waals surface area contributed by atoms with Crippen LogP contribution >= 0.6 is 9.03 Å². The van der Waals surface area contributed by atoms with Gasteiger partial charge in [-0.15, -0.1) is 0 Å². The number of carbonyl (C=O) groups is 3. The maximum absolute atomic E-state index is 12.3. The lowest BCUT2D eigenvalue weighted by Gasteiger charge is -2.21. The van der Waals surface area contributed by atoms with Crippen molar-refractivity contribution < 1.29 is 23.8 Å². The summed E-state index contributed by atoms with van der Waals surface area (Å²) in [5, 5.41) is 5.15. The summed E-state index contributed by atoms with van der Waals surface area (Å²) >= 11 is 0. The summed E-state index contributed by atoms with van der Waals surface area (Å²) in [4.78, 5) is 43.0. The Morgan fingerprint density at radius 1 is 1.36 bits per heavy atom. The van der Waals surface area contributed by atoms with Crippen molar-refractivity contribution in [2.75, 3.05) is 6.54 Å². The van der Waals surface area contributed by atoms with Gasteiger partial charge in [0.2, 0.25) is 21.4 Å². The molecule has 0 aromatic rings. The molecule has 0 heterocycles. The van der Waals surface area contributed by atoms with Crippen LogP contribution in [0.1, 0.15) is 38.5 Å². The van der Waals surface area contributed by atoms with Crippen LogP contribution in [0, 0.1) is 0 Å². The number of allylic oxidation sites excluding steroid dienone is 3. The Bertz CT molecular complexity index is 510. The van der Waals surface area contributed by atoms with Crippen molar-refractivity contribution in [3.8, 4) is 0 Å². The van der Waals surface area contributed by atoms with Gasteiger partial charge in [0.25, 0.3) is 0 Å². The molecule has 0 bridgehead atoms. The molecule has 1 aliphatic rings. The van der Waals surface area contributed by atoms with E-state index in [0.29, 0.717) is 57.1 Å². The van der Waals surface area contributed by atoms with Gasteiger partial charge in [0.1, 0.15) is 18.1 Å². The molecule has 0 aliphatic heterocycles. The topological polar surface area (TPSA) is 131 Å². The zero-order valence-electron chi connectivity index (χ0n) is 14.1. The number of nitrogens with one attached hydrogen (secondary N) is 2. The summed E-state index contributed by atoms with van der Waals surface area (Å²) in [6.45, 7) is 0.524. The number of hydrogen-bond acceptors (Lipinski definition) is 6.